The predicted molar refractivity (Wildman–Crippen MR) is 357 cm³/mol. The van der Waals surface area contributed by atoms with Crippen molar-refractivity contribution in [3.8, 4) is 33.4 Å². The first kappa shape index (κ1) is 51.9. The van der Waals surface area contributed by atoms with Crippen LogP contribution in [0.2, 0.25) is 0 Å². The van der Waals surface area contributed by atoms with Crippen LogP contribution in [0.15, 0.2) is 146 Å². The van der Waals surface area contributed by atoms with Crippen LogP contribution in [0.5, 0.6) is 0 Å². The zero-order valence-corrected chi connectivity index (χ0v) is 52.0. The molecule has 0 bridgehead atoms. The molecule has 0 fully saturated rings. The summed E-state index contributed by atoms with van der Waals surface area (Å²) < 4.78 is 7.93. The Morgan fingerprint density at radius 1 is 0.247 bits per heavy atom. The third kappa shape index (κ3) is 7.98. The van der Waals surface area contributed by atoms with Gasteiger partial charge in [0.05, 0.1) is 33.1 Å². The molecule has 0 atom stereocenters. The standard InChI is InChI=1S/C78H78N2S/c1-73(2,3)49-27-45(28-50(37-49)74(4,5)6)43-23-25-63-56(33-43)59-35-48(47-31-53(77(13,14)15)39-54(32-47)78(16,17)18)36-60-57-40-66-58(41-65(57)79(63)71(59)60)61-42-68-69(55-21-19-20-22-67(55)81-68)70-62-34-44(24-26-64(62)80(66)72(61)70)46-29-51(75(7,8)9)38-52(30-46)76(10,11)12/h19-42H,1-18H3. The fourth-order valence-electron chi connectivity index (χ4n) is 13.4. The molecule has 0 saturated heterocycles. The molecule has 5 heterocycles. The molecule has 406 valence electrons. The van der Waals surface area contributed by atoms with Gasteiger partial charge in [-0.05, 0) is 160 Å². The molecule has 0 unspecified atom stereocenters. The van der Waals surface area contributed by atoms with Gasteiger partial charge in [0.15, 0.2) is 0 Å². The van der Waals surface area contributed by atoms with Crippen LogP contribution in [0.25, 0.3) is 130 Å². The van der Waals surface area contributed by atoms with Crippen molar-refractivity contribution in [1.82, 2.24) is 8.80 Å². The highest BCUT2D eigenvalue weighted by molar-refractivity contribution is 7.26. The number of thiophene rings is 1. The lowest BCUT2D eigenvalue weighted by Crippen LogP contribution is -2.16. The van der Waals surface area contributed by atoms with Gasteiger partial charge in [-0.25, -0.2) is 0 Å². The summed E-state index contributed by atoms with van der Waals surface area (Å²) in [6.45, 7) is 42.2. The normalized spacial score (nSPS) is 13.8. The van der Waals surface area contributed by atoms with Crippen molar-refractivity contribution in [2.24, 2.45) is 0 Å². The van der Waals surface area contributed by atoms with Crippen molar-refractivity contribution in [2.45, 2.75) is 157 Å². The number of aromatic nitrogens is 2. The summed E-state index contributed by atoms with van der Waals surface area (Å²) in [5.41, 5.74) is 23.5. The Hall–Kier alpha value is -7.20. The van der Waals surface area contributed by atoms with Gasteiger partial charge in [0, 0.05) is 63.3 Å². The largest absolute Gasteiger partial charge is 0.308 e. The molecule has 0 aliphatic heterocycles. The fourth-order valence-corrected chi connectivity index (χ4v) is 14.5. The highest BCUT2D eigenvalue weighted by atomic mass is 32.1. The third-order valence-electron chi connectivity index (χ3n) is 18.4. The molecule has 5 aromatic heterocycles. The first-order chi connectivity index (χ1) is 37.9. The van der Waals surface area contributed by atoms with E-state index in [2.05, 4.69) is 279 Å². The van der Waals surface area contributed by atoms with Crippen molar-refractivity contribution in [1.29, 1.82) is 0 Å². The maximum absolute atomic E-state index is 2.64. The summed E-state index contributed by atoms with van der Waals surface area (Å²) in [7, 11) is 0. The fraction of sp³-hybridized carbons (Fsp3) is 0.308. The lowest BCUT2D eigenvalue weighted by atomic mass is 9.78. The summed E-state index contributed by atoms with van der Waals surface area (Å²) in [6.07, 6.45) is 0. The molecular weight excluding hydrogens is 997 g/mol. The van der Waals surface area contributed by atoms with Gasteiger partial charge >= 0.3 is 0 Å². The first-order valence-electron chi connectivity index (χ1n) is 29.6. The van der Waals surface area contributed by atoms with Gasteiger partial charge in [-0.3, -0.25) is 0 Å². The van der Waals surface area contributed by atoms with E-state index in [1.54, 1.807) is 0 Å². The van der Waals surface area contributed by atoms with Crippen LogP contribution in [-0.4, -0.2) is 8.80 Å². The lowest BCUT2D eigenvalue weighted by molar-refractivity contribution is 0.568. The monoisotopic (exact) mass is 1070 g/mol. The molecule has 0 aliphatic rings. The summed E-state index contributed by atoms with van der Waals surface area (Å²) in [6, 6.07) is 58.5. The smallest absolute Gasteiger partial charge is 0.0627 e. The second kappa shape index (κ2) is 16.7. The van der Waals surface area contributed by atoms with Crippen LogP contribution in [0.3, 0.4) is 0 Å². The summed E-state index contributed by atoms with van der Waals surface area (Å²) >= 11 is 1.93. The zero-order chi connectivity index (χ0) is 57.2. The van der Waals surface area contributed by atoms with E-state index in [9.17, 15) is 0 Å². The Balaban J connectivity index is 1.10. The molecule has 14 aromatic rings. The minimum absolute atomic E-state index is 0.0105. The predicted octanol–water partition coefficient (Wildman–Crippen LogP) is 23.1. The summed E-state index contributed by atoms with van der Waals surface area (Å²) in [4.78, 5) is 0. The van der Waals surface area contributed by atoms with Gasteiger partial charge < -0.3 is 8.80 Å². The number of rotatable bonds is 3. The second-order valence-electron chi connectivity index (χ2n) is 30.5. The molecule has 14 rings (SSSR count). The Labute approximate surface area is 483 Å². The number of hydrogen-bond acceptors (Lipinski definition) is 1. The van der Waals surface area contributed by atoms with E-state index in [1.165, 1.54) is 163 Å². The van der Waals surface area contributed by atoms with E-state index in [4.69, 9.17) is 0 Å². The van der Waals surface area contributed by atoms with E-state index in [0.29, 0.717) is 0 Å². The quantitative estimate of drug-likeness (QED) is 0.167. The second-order valence-corrected chi connectivity index (χ2v) is 31.5. The molecule has 0 saturated carbocycles. The van der Waals surface area contributed by atoms with E-state index < -0.39 is 0 Å². The van der Waals surface area contributed by atoms with Crippen LogP contribution in [0.4, 0.5) is 0 Å². The van der Waals surface area contributed by atoms with E-state index in [0.717, 1.165) is 0 Å². The minimum Gasteiger partial charge on any atom is -0.308 e. The topological polar surface area (TPSA) is 8.82 Å². The average Bonchev–Trinajstić information content (AvgIpc) is 4.34. The zero-order valence-electron chi connectivity index (χ0n) is 51.2. The molecule has 81 heavy (non-hydrogen) atoms. The highest BCUT2D eigenvalue weighted by Gasteiger charge is 2.29. The van der Waals surface area contributed by atoms with Crippen LogP contribution >= 0.6 is 11.3 Å². The number of hydrogen-bond donors (Lipinski definition) is 0. The SMILES string of the molecule is CC(C)(C)c1cc(-c2ccc3c(c2)c2cc(-c4cc(C(C)(C)C)cc(C(C)(C)C)c4)cc4c5cc6c(cc5n3c24)c2cc3sc4ccccc4c3c3c4cc(-c5cc(C(C)(C)C)cc(C(C)(C)C)c5)ccc4n6c23)cc(C(C)(C)C)c1. The van der Waals surface area contributed by atoms with E-state index >= 15 is 0 Å². The molecule has 0 aliphatic carbocycles. The molecular formula is C78H78N2S. The molecule has 3 heteroatoms. The van der Waals surface area contributed by atoms with Crippen molar-refractivity contribution in [2.75, 3.05) is 0 Å². The van der Waals surface area contributed by atoms with Crippen LogP contribution in [-0.2, 0) is 32.5 Å². The summed E-state index contributed by atoms with van der Waals surface area (Å²) in [5, 5.41) is 13.2. The molecule has 0 radical (unpaired) electrons. The van der Waals surface area contributed by atoms with Crippen molar-refractivity contribution in [3.63, 3.8) is 0 Å². The van der Waals surface area contributed by atoms with E-state index in [1.807, 2.05) is 11.3 Å². The van der Waals surface area contributed by atoms with Crippen molar-refractivity contribution >= 4 is 108 Å². The number of nitrogens with zero attached hydrogens (tertiary/aromatic N) is 2. The van der Waals surface area contributed by atoms with Gasteiger partial charge in [-0.1, -0.05) is 210 Å². The van der Waals surface area contributed by atoms with Crippen molar-refractivity contribution in [3.05, 3.63) is 179 Å². The molecule has 2 nitrogen and oxygen atoms in total. The molecule has 0 N–H and O–H groups in total. The van der Waals surface area contributed by atoms with Crippen LogP contribution in [0, 0.1) is 0 Å². The Bertz CT molecular complexity index is 4860. The summed E-state index contributed by atoms with van der Waals surface area (Å²) in [5.74, 6) is 0. The Morgan fingerprint density at radius 2 is 0.593 bits per heavy atom. The van der Waals surface area contributed by atoms with Gasteiger partial charge in [-0.2, -0.15) is 0 Å². The lowest BCUT2D eigenvalue weighted by Gasteiger charge is -2.26. The number of benzene rings is 9. The van der Waals surface area contributed by atoms with Crippen molar-refractivity contribution < 1.29 is 0 Å². The Morgan fingerprint density at radius 3 is 1.04 bits per heavy atom. The van der Waals surface area contributed by atoms with Gasteiger partial charge in [0.2, 0.25) is 0 Å². The number of fused-ring (bicyclic) bond motifs is 16. The van der Waals surface area contributed by atoms with Gasteiger partial charge in [-0.15, -0.1) is 11.3 Å². The van der Waals surface area contributed by atoms with Gasteiger partial charge in [0.25, 0.3) is 0 Å². The molecule has 0 spiro atoms. The average molecular weight is 1080 g/mol. The van der Waals surface area contributed by atoms with Crippen LogP contribution < -0.4 is 0 Å². The third-order valence-corrected chi connectivity index (χ3v) is 19.5. The maximum atomic E-state index is 2.64. The minimum atomic E-state index is -0.0181. The van der Waals surface area contributed by atoms with Crippen LogP contribution in [0.1, 0.15) is 158 Å². The highest BCUT2D eigenvalue weighted by Crippen LogP contribution is 2.51. The maximum Gasteiger partial charge on any atom is 0.0627 e. The van der Waals surface area contributed by atoms with E-state index in [-0.39, 0.29) is 32.5 Å². The van der Waals surface area contributed by atoms with Gasteiger partial charge in [0.1, 0.15) is 0 Å². The Kier molecular flexibility index (Phi) is 10.7. The first-order valence-corrected chi connectivity index (χ1v) is 30.5. The molecule has 9 aromatic carbocycles. The molecule has 0 amide bonds.